The highest BCUT2D eigenvalue weighted by Gasteiger charge is 2.36. The normalized spacial score (nSPS) is 19.1. The van der Waals surface area contributed by atoms with E-state index >= 15 is 0 Å². The van der Waals surface area contributed by atoms with Crippen molar-refractivity contribution in [2.24, 2.45) is 11.7 Å². The molecule has 0 radical (unpaired) electrons. The molecule has 2 heterocycles. The number of halogens is 3. The summed E-state index contributed by atoms with van der Waals surface area (Å²) in [6.07, 6.45) is 7.59. The highest BCUT2D eigenvalue weighted by molar-refractivity contribution is 5.95. The van der Waals surface area contributed by atoms with Gasteiger partial charge in [0.25, 0.3) is 0 Å². The van der Waals surface area contributed by atoms with Gasteiger partial charge in [-0.05, 0) is 74.4 Å². The fraction of sp³-hybridized carbons (Fsp3) is 0.423. The summed E-state index contributed by atoms with van der Waals surface area (Å²) in [5.74, 6) is -0.464. The third-order valence-corrected chi connectivity index (χ3v) is 7.02. The summed E-state index contributed by atoms with van der Waals surface area (Å²) < 4.78 is 33.8. The average molecular weight is 490 g/mol. The van der Waals surface area contributed by atoms with Crippen LogP contribution in [0.1, 0.15) is 54.1 Å². The molecule has 5 nitrogen and oxygen atoms in total. The molecule has 2 atom stereocenters. The van der Waals surface area contributed by atoms with Crippen molar-refractivity contribution in [2.75, 3.05) is 6.61 Å². The van der Waals surface area contributed by atoms with Crippen LogP contribution in [-0.4, -0.2) is 29.1 Å². The first-order chi connectivity index (χ1) is 15.8. The summed E-state index contributed by atoms with van der Waals surface area (Å²) in [7, 11) is 0. The minimum atomic E-state index is -0.581. The van der Waals surface area contributed by atoms with Crippen molar-refractivity contribution in [3.8, 4) is 5.75 Å². The van der Waals surface area contributed by atoms with Crippen LogP contribution < -0.4 is 15.8 Å². The summed E-state index contributed by atoms with van der Waals surface area (Å²) in [5.41, 5.74) is 8.22. The van der Waals surface area contributed by atoms with Gasteiger partial charge in [-0.3, -0.25) is 4.79 Å². The Morgan fingerprint density at radius 1 is 1.26 bits per heavy atom. The maximum absolute atomic E-state index is 14.3. The number of ether oxygens (including phenoxy) is 1. The van der Waals surface area contributed by atoms with E-state index in [1.54, 1.807) is 12.1 Å². The molecule has 5 rings (SSSR count). The first-order valence-corrected chi connectivity index (χ1v) is 11.6. The number of aromatic amines is 1. The van der Waals surface area contributed by atoms with Gasteiger partial charge in [0.1, 0.15) is 12.4 Å². The first-order valence-electron chi connectivity index (χ1n) is 11.6. The first kappa shape index (κ1) is 24.5. The molecule has 182 valence electrons. The average Bonchev–Trinajstić information content (AvgIpc) is 3.49. The summed E-state index contributed by atoms with van der Waals surface area (Å²) in [6, 6.07) is 7.41. The summed E-state index contributed by atoms with van der Waals surface area (Å²) in [4.78, 5) is 15.1. The van der Waals surface area contributed by atoms with Gasteiger partial charge in [0.2, 0.25) is 5.91 Å². The zero-order chi connectivity index (χ0) is 23.2. The molecule has 34 heavy (non-hydrogen) atoms. The Morgan fingerprint density at radius 2 is 2.06 bits per heavy atom. The SMILES string of the molecule is CC(CCc1c[nH]c2ccc(F)cc12)(CC1CC1)NC1COc2c(F)ccc(C(N)=O)c2C1.Cl. The van der Waals surface area contributed by atoms with Crippen molar-refractivity contribution in [1.82, 2.24) is 10.3 Å². The second-order valence-electron chi connectivity index (χ2n) is 9.84. The van der Waals surface area contributed by atoms with Crippen molar-refractivity contribution in [3.63, 3.8) is 0 Å². The molecule has 0 saturated heterocycles. The number of fused-ring (bicyclic) bond motifs is 2. The van der Waals surface area contributed by atoms with Crippen molar-refractivity contribution in [1.29, 1.82) is 0 Å². The van der Waals surface area contributed by atoms with Crippen molar-refractivity contribution in [3.05, 3.63) is 64.9 Å². The van der Waals surface area contributed by atoms with Gasteiger partial charge in [-0.2, -0.15) is 0 Å². The second-order valence-corrected chi connectivity index (χ2v) is 9.84. The molecule has 2 aliphatic rings. The van der Waals surface area contributed by atoms with E-state index in [2.05, 4.69) is 17.2 Å². The number of carbonyl (C=O) groups is 1. The molecular weight excluding hydrogens is 460 g/mol. The van der Waals surface area contributed by atoms with Crippen LogP contribution in [-0.2, 0) is 12.8 Å². The van der Waals surface area contributed by atoms with Crippen LogP contribution in [0.25, 0.3) is 10.9 Å². The third-order valence-electron chi connectivity index (χ3n) is 7.02. The van der Waals surface area contributed by atoms with Crippen molar-refractivity contribution < 1.29 is 18.3 Å². The van der Waals surface area contributed by atoms with E-state index in [-0.39, 0.29) is 35.6 Å². The number of aryl methyl sites for hydroxylation is 1. The lowest BCUT2D eigenvalue weighted by atomic mass is 9.85. The molecule has 8 heteroatoms. The number of rotatable bonds is 8. The third kappa shape index (κ3) is 5.05. The number of aromatic nitrogens is 1. The number of nitrogens with one attached hydrogen (secondary N) is 2. The van der Waals surface area contributed by atoms with Crippen LogP contribution in [0.15, 0.2) is 36.5 Å². The van der Waals surface area contributed by atoms with Gasteiger partial charge in [0.15, 0.2) is 11.6 Å². The van der Waals surface area contributed by atoms with E-state index in [1.165, 1.54) is 31.0 Å². The van der Waals surface area contributed by atoms with Gasteiger partial charge in [0, 0.05) is 39.8 Å². The summed E-state index contributed by atoms with van der Waals surface area (Å²) >= 11 is 0. The Morgan fingerprint density at radius 3 is 2.79 bits per heavy atom. The number of H-pyrrole nitrogens is 1. The summed E-state index contributed by atoms with van der Waals surface area (Å²) in [6.45, 7) is 2.54. The Bertz CT molecular complexity index is 1210. The van der Waals surface area contributed by atoms with Gasteiger partial charge < -0.3 is 20.8 Å². The fourth-order valence-electron chi connectivity index (χ4n) is 5.22. The predicted molar refractivity (Wildman–Crippen MR) is 131 cm³/mol. The molecule has 1 aromatic heterocycles. The highest BCUT2D eigenvalue weighted by atomic mass is 35.5. The predicted octanol–water partition coefficient (Wildman–Crippen LogP) is 5.05. The molecule has 0 spiro atoms. The van der Waals surface area contributed by atoms with Crippen LogP contribution in [0.4, 0.5) is 8.78 Å². The standard InChI is InChI=1S/C26H29F2N3O2.ClH/c1-26(12-15-2-3-15,9-8-16-13-30-23-7-4-17(27)10-20(16)23)31-18-11-21-19(25(29)32)5-6-22(28)24(21)33-14-18;/h4-7,10,13,15,18,30-31H,2-3,8-9,11-12,14H2,1H3,(H2,29,32);1H. The van der Waals surface area contributed by atoms with Crippen LogP contribution in [0.5, 0.6) is 5.75 Å². The maximum atomic E-state index is 14.3. The molecule has 1 aliphatic carbocycles. The van der Waals surface area contributed by atoms with E-state index in [1.807, 2.05) is 6.20 Å². The molecule has 1 fully saturated rings. The molecule has 4 N–H and O–H groups in total. The van der Waals surface area contributed by atoms with E-state index in [9.17, 15) is 13.6 Å². The molecule has 1 amide bonds. The molecular formula is C26H30ClF2N3O2. The largest absolute Gasteiger partial charge is 0.489 e. The fourth-order valence-corrected chi connectivity index (χ4v) is 5.22. The number of hydrogen-bond donors (Lipinski definition) is 3. The van der Waals surface area contributed by atoms with Crippen LogP contribution in [0.2, 0.25) is 0 Å². The molecule has 3 aromatic rings. The van der Waals surface area contributed by atoms with Crippen molar-refractivity contribution in [2.45, 2.75) is 57.0 Å². The molecule has 0 bridgehead atoms. The lowest BCUT2D eigenvalue weighted by Gasteiger charge is -2.38. The minimum absolute atomic E-state index is 0. The summed E-state index contributed by atoms with van der Waals surface area (Å²) in [5, 5.41) is 4.69. The quantitative estimate of drug-likeness (QED) is 0.414. The topological polar surface area (TPSA) is 80.1 Å². The van der Waals surface area contributed by atoms with Gasteiger partial charge in [-0.1, -0.05) is 12.8 Å². The molecule has 1 saturated carbocycles. The van der Waals surface area contributed by atoms with E-state index in [0.717, 1.165) is 35.7 Å². The van der Waals surface area contributed by atoms with Crippen LogP contribution >= 0.6 is 12.4 Å². The number of benzene rings is 2. The van der Waals surface area contributed by atoms with Crippen LogP contribution in [0.3, 0.4) is 0 Å². The monoisotopic (exact) mass is 489 g/mol. The van der Waals surface area contributed by atoms with Gasteiger partial charge >= 0.3 is 0 Å². The van der Waals surface area contributed by atoms with Gasteiger partial charge in [-0.25, -0.2) is 8.78 Å². The number of hydrogen-bond acceptors (Lipinski definition) is 3. The lowest BCUT2D eigenvalue weighted by molar-refractivity contribution is 0.0996. The lowest BCUT2D eigenvalue weighted by Crippen LogP contribution is -2.53. The Kier molecular flexibility index (Phi) is 6.87. The van der Waals surface area contributed by atoms with Crippen molar-refractivity contribution >= 4 is 29.2 Å². The minimum Gasteiger partial charge on any atom is -0.489 e. The number of carbonyl (C=O) groups excluding carboxylic acids is 1. The zero-order valence-corrected chi connectivity index (χ0v) is 19.9. The molecule has 1 aliphatic heterocycles. The number of primary amides is 1. The smallest absolute Gasteiger partial charge is 0.249 e. The zero-order valence-electron chi connectivity index (χ0n) is 19.1. The Labute approximate surface area is 203 Å². The Hall–Kier alpha value is -2.64. The van der Waals surface area contributed by atoms with Gasteiger partial charge in [0.05, 0.1) is 0 Å². The van der Waals surface area contributed by atoms with Gasteiger partial charge in [-0.15, -0.1) is 12.4 Å². The van der Waals surface area contributed by atoms with E-state index < -0.39 is 11.7 Å². The van der Waals surface area contributed by atoms with E-state index in [0.29, 0.717) is 30.1 Å². The van der Waals surface area contributed by atoms with Crippen LogP contribution in [0, 0.1) is 17.6 Å². The number of nitrogens with two attached hydrogens (primary N) is 1. The molecule has 2 aromatic carbocycles. The van der Waals surface area contributed by atoms with E-state index in [4.69, 9.17) is 10.5 Å². The second kappa shape index (κ2) is 9.55. The highest BCUT2D eigenvalue weighted by Crippen LogP contribution is 2.39. The Balaban J connectivity index is 0.00000274. The molecule has 2 unspecified atom stereocenters. The maximum Gasteiger partial charge on any atom is 0.249 e. The number of amides is 1.